The van der Waals surface area contributed by atoms with Crippen molar-refractivity contribution in [2.75, 3.05) is 37.4 Å². The van der Waals surface area contributed by atoms with E-state index in [0.29, 0.717) is 23.8 Å². The Hall–Kier alpha value is -1.60. The van der Waals surface area contributed by atoms with Gasteiger partial charge in [-0.2, -0.15) is 0 Å². The highest BCUT2D eigenvalue weighted by atomic mass is 32.1. The van der Waals surface area contributed by atoms with E-state index in [-0.39, 0.29) is 17.0 Å². The van der Waals surface area contributed by atoms with Gasteiger partial charge < -0.3 is 21.1 Å². The van der Waals surface area contributed by atoms with Gasteiger partial charge in [0.1, 0.15) is 5.00 Å². The Morgan fingerprint density at radius 3 is 2.76 bits per heavy atom. The van der Waals surface area contributed by atoms with Crippen molar-refractivity contribution in [1.82, 2.24) is 0 Å². The molecular weight excluding hydrogens is 290 g/mol. The second-order valence-electron chi connectivity index (χ2n) is 5.22. The average molecular weight is 311 g/mol. The average Bonchev–Trinajstić information content (AvgIpc) is 3.02. The zero-order valence-corrected chi connectivity index (χ0v) is 13.2. The molecule has 6 nitrogen and oxygen atoms in total. The topological polar surface area (TPSA) is 98.6 Å². The number of ether oxygens (including phenoxy) is 1. The first kappa shape index (κ1) is 15.8. The Bertz CT molecular complexity index is 556. The fraction of sp³-hybridized carbons (Fsp3) is 0.571. The molecule has 7 heteroatoms. The Morgan fingerprint density at radius 1 is 1.48 bits per heavy atom. The van der Waals surface area contributed by atoms with Gasteiger partial charge in [-0.1, -0.05) is 6.92 Å². The van der Waals surface area contributed by atoms with Crippen molar-refractivity contribution >= 4 is 33.7 Å². The van der Waals surface area contributed by atoms with Gasteiger partial charge in [-0.25, -0.2) is 0 Å². The largest absolute Gasteiger partial charge is 0.397 e. The molecule has 4 N–H and O–H groups in total. The number of methoxy groups -OCH3 is 1. The maximum absolute atomic E-state index is 11.9. The quantitative estimate of drug-likeness (QED) is 0.776. The number of ketones is 1. The molecule has 1 saturated heterocycles. The Morgan fingerprint density at radius 2 is 2.19 bits per heavy atom. The van der Waals surface area contributed by atoms with E-state index in [1.165, 1.54) is 11.3 Å². The van der Waals surface area contributed by atoms with E-state index in [0.717, 1.165) is 24.5 Å². The smallest absolute Gasteiger partial charge is 0.253 e. The predicted octanol–water partition coefficient (Wildman–Crippen LogP) is 1.49. The van der Waals surface area contributed by atoms with Crippen molar-refractivity contribution in [3.63, 3.8) is 0 Å². The zero-order valence-electron chi connectivity index (χ0n) is 12.3. The van der Waals surface area contributed by atoms with Gasteiger partial charge in [0.2, 0.25) is 0 Å². The summed E-state index contributed by atoms with van der Waals surface area (Å²) in [5.41, 5.74) is 11.9. The van der Waals surface area contributed by atoms with Crippen LogP contribution in [0.2, 0.25) is 0 Å². The van der Waals surface area contributed by atoms with Crippen molar-refractivity contribution < 1.29 is 14.3 Å². The van der Waals surface area contributed by atoms with Crippen LogP contribution >= 0.6 is 11.3 Å². The Labute approximate surface area is 128 Å². The van der Waals surface area contributed by atoms with Crippen molar-refractivity contribution in [2.24, 2.45) is 11.7 Å². The van der Waals surface area contributed by atoms with Gasteiger partial charge in [-0.3, -0.25) is 9.59 Å². The van der Waals surface area contributed by atoms with Crippen LogP contribution in [0, 0.1) is 5.92 Å². The molecule has 2 heterocycles. The summed E-state index contributed by atoms with van der Waals surface area (Å²) >= 11 is 1.27. The molecule has 1 aliphatic rings. The number of nitrogens with zero attached hydrogens (tertiary/aromatic N) is 1. The fourth-order valence-electron chi connectivity index (χ4n) is 2.65. The van der Waals surface area contributed by atoms with E-state index in [1.54, 1.807) is 14.0 Å². The molecule has 0 saturated carbocycles. The number of anilines is 2. The van der Waals surface area contributed by atoms with Crippen molar-refractivity contribution in [3.05, 3.63) is 10.4 Å². The van der Waals surface area contributed by atoms with Crippen LogP contribution in [0.4, 0.5) is 10.7 Å². The SMILES string of the molecule is CCC(=O)c1sc(N2CCC(COC)C2)c(C(N)=O)c1N. The minimum absolute atomic E-state index is 0.0566. The summed E-state index contributed by atoms with van der Waals surface area (Å²) in [7, 11) is 1.68. The van der Waals surface area contributed by atoms with Gasteiger partial charge in [0.15, 0.2) is 5.78 Å². The number of nitrogen functional groups attached to an aromatic ring is 1. The summed E-state index contributed by atoms with van der Waals surface area (Å²) in [6, 6.07) is 0. The number of carbonyl (C=O) groups is 2. The van der Waals surface area contributed by atoms with Gasteiger partial charge in [-0.15, -0.1) is 11.3 Å². The second kappa shape index (κ2) is 6.44. The highest BCUT2D eigenvalue weighted by Crippen LogP contribution is 2.40. The first-order valence-electron chi connectivity index (χ1n) is 6.98. The second-order valence-corrected chi connectivity index (χ2v) is 6.22. The van der Waals surface area contributed by atoms with E-state index in [4.69, 9.17) is 16.2 Å². The molecule has 0 radical (unpaired) electrons. The standard InChI is InChI=1S/C14H21N3O3S/c1-3-9(18)12-11(15)10(13(16)19)14(21-12)17-5-4-8(6-17)7-20-2/h8H,3-7,15H2,1-2H3,(H2,16,19). The molecule has 0 spiro atoms. The normalized spacial score (nSPS) is 18.2. The first-order valence-corrected chi connectivity index (χ1v) is 7.80. The Kier molecular flexibility index (Phi) is 4.84. The third-order valence-corrected chi connectivity index (χ3v) is 5.03. The maximum atomic E-state index is 11.9. The number of carbonyl (C=O) groups excluding carboxylic acids is 2. The first-order chi connectivity index (χ1) is 9.99. The fourth-order valence-corrected chi connectivity index (χ4v) is 3.92. The lowest BCUT2D eigenvalue weighted by atomic mass is 10.1. The maximum Gasteiger partial charge on any atom is 0.253 e. The summed E-state index contributed by atoms with van der Waals surface area (Å²) in [5.74, 6) is -0.215. The van der Waals surface area contributed by atoms with Crippen LogP contribution < -0.4 is 16.4 Å². The van der Waals surface area contributed by atoms with E-state index < -0.39 is 5.91 Å². The van der Waals surface area contributed by atoms with Crippen LogP contribution in [0.5, 0.6) is 0 Å². The molecule has 21 heavy (non-hydrogen) atoms. The van der Waals surface area contributed by atoms with E-state index in [9.17, 15) is 9.59 Å². The van der Waals surface area contributed by atoms with E-state index >= 15 is 0 Å². The molecule has 1 aromatic rings. The number of hydrogen-bond donors (Lipinski definition) is 2. The number of amides is 1. The molecule has 1 fully saturated rings. The van der Waals surface area contributed by atoms with Crippen LogP contribution in [0.3, 0.4) is 0 Å². The van der Waals surface area contributed by atoms with Gasteiger partial charge in [0.05, 0.1) is 22.7 Å². The summed E-state index contributed by atoms with van der Waals surface area (Å²) < 4.78 is 5.18. The molecule has 1 aromatic heterocycles. The third kappa shape index (κ3) is 3.03. The van der Waals surface area contributed by atoms with Crippen LogP contribution in [0.1, 0.15) is 39.8 Å². The molecular formula is C14H21N3O3S. The molecule has 1 atom stereocenters. The van der Waals surface area contributed by atoms with Crippen molar-refractivity contribution in [2.45, 2.75) is 19.8 Å². The molecule has 2 rings (SSSR count). The minimum atomic E-state index is -0.580. The molecule has 1 amide bonds. The summed E-state index contributed by atoms with van der Waals surface area (Å²) in [6.07, 6.45) is 1.34. The minimum Gasteiger partial charge on any atom is -0.397 e. The highest BCUT2D eigenvalue weighted by Gasteiger charge is 2.30. The van der Waals surface area contributed by atoms with Crippen LogP contribution in [0.15, 0.2) is 0 Å². The summed E-state index contributed by atoms with van der Waals surface area (Å²) in [6.45, 7) is 4.06. The number of Topliss-reactive ketones (excluding diaryl/α,β-unsaturated/α-hetero) is 1. The number of thiophene rings is 1. The van der Waals surface area contributed by atoms with Gasteiger partial charge >= 0.3 is 0 Å². The third-order valence-electron chi connectivity index (χ3n) is 3.72. The summed E-state index contributed by atoms with van der Waals surface area (Å²) in [5, 5.41) is 0.718. The monoisotopic (exact) mass is 311 g/mol. The van der Waals surface area contributed by atoms with Gasteiger partial charge in [-0.05, 0) is 6.42 Å². The molecule has 116 valence electrons. The lowest BCUT2D eigenvalue weighted by molar-refractivity contribution is 0.0991. The van der Waals surface area contributed by atoms with E-state index in [1.807, 2.05) is 0 Å². The lowest BCUT2D eigenvalue weighted by Crippen LogP contribution is -2.23. The molecule has 0 aliphatic carbocycles. The van der Waals surface area contributed by atoms with Crippen molar-refractivity contribution in [1.29, 1.82) is 0 Å². The summed E-state index contributed by atoms with van der Waals surface area (Å²) in [4.78, 5) is 26.2. The van der Waals surface area contributed by atoms with E-state index in [2.05, 4.69) is 4.90 Å². The zero-order chi connectivity index (χ0) is 15.6. The van der Waals surface area contributed by atoms with Crippen LogP contribution in [-0.4, -0.2) is 38.5 Å². The Balaban J connectivity index is 2.35. The number of nitrogens with two attached hydrogens (primary N) is 2. The van der Waals surface area contributed by atoms with Crippen LogP contribution in [-0.2, 0) is 4.74 Å². The predicted molar refractivity (Wildman–Crippen MR) is 84.1 cm³/mol. The number of primary amides is 1. The van der Waals surface area contributed by atoms with Crippen LogP contribution in [0.25, 0.3) is 0 Å². The molecule has 1 aliphatic heterocycles. The molecule has 0 aromatic carbocycles. The lowest BCUT2D eigenvalue weighted by Gasteiger charge is -2.17. The van der Waals surface area contributed by atoms with Gasteiger partial charge in [0.25, 0.3) is 5.91 Å². The number of hydrogen-bond acceptors (Lipinski definition) is 6. The highest BCUT2D eigenvalue weighted by molar-refractivity contribution is 7.19. The molecule has 0 bridgehead atoms. The molecule has 1 unspecified atom stereocenters. The number of rotatable bonds is 6. The van der Waals surface area contributed by atoms with Crippen molar-refractivity contribution in [3.8, 4) is 0 Å². The van der Waals surface area contributed by atoms with Gasteiger partial charge in [0, 0.05) is 32.5 Å².